The number of hydrogen-bond donors (Lipinski definition) is 2. The molecule has 1 aliphatic heterocycles. The number of rotatable bonds is 14. The Labute approximate surface area is 302 Å². The summed E-state index contributed by atoms with van der Waals surface area (Å²) in [6, 6.07) is 43.3. The highest BCUT2D eigenvalue weighted by Crippen LogP contribution is 2.62. The average Bonchev–Trinajstić information content (AvgIpc) is 3.53. The molecule has 2 N–H and O–H groups in total. The van der Waals surface area contributed by atoms with Gasteiger partial charge in [-0.2, -0.15) is 0 Å². The second kappa shape index (κ2) is 15.5. The zero-order valence-electron chi connectivity index (χ0n) is 28.8. The normalized spacial score (nSPS) is 17.5. The van der Waals surface area contributed by atoms with Crippen molar-refractivity contribution >= 4 is 19.3 Å². The molecule has 1 aliphatic rings. The maximum atomic E-state index is 14.5. The van der Waals surface area contributed by atoms with Crippen molar-refractivity contribution in [3.63, 3.8) is 0 Å². The summed E-state index contributed by atoms with van der Waals surface area (Å²) in [5.41, 5.74) is 1.83. The van der Waals surface area contributed by atoms with E-state index in [1.54, 1.807) is 42.5 Å². The Kier molecular flexibility index (Phi) is 11.0. The van der Waals surface area contributed by atoms with Crippen molar-refractivity contribution in [1.82, 2.24) is 4.90 Å². The lowest BCUT2D eigenvalue weighted by Gasteiger charge is -2.46. The number of methoxy groups -OCH3 is 2. The van der Waals surface area contributed by atoms with Gasteiger partial charge in [-0.25, -0.2) is 9.69 Å². The fourth-order valence-electron chi connectivity index (χ4n) is 7.02. The predicted molar refractivity (Wildman–Crippen MR) is 194 cm³/mol. The van der Waals surface area contributed by atoms with Gasteiger partial charge in [0.1, 0.15) is 18.1 Å². The number of carbonyl (C=O) groups is 2. The number of esters is 1. The van der Waals surface area contributed by atoms with E-state index in [0.29, 0.717) is 11.1 Å². The van der Waals surface area contributed by atoms with Crippen molar-refractivity contribution in [1.29, 1.82) is 0 Å². The minimum absolute atomic E-state index is 0.0381. The summed E-state index contributed by atoms with van der Waals surface area (Å²) < 4.78 is 38.0. The van der Waals surface area contributed by atoms with E-state index < -0.39 is 42.9 Å². The lowest BCUT2D eigenvalue weighted by molar-refractivity contribution is -0.307. The van der Waals surface area contributed by atoms with Crippen molar-refractivity contribution in [2.24, 2.45) is 0 Å². The summed E-state index contributed by atoms with van der Waals surface area (Å²) in [6.07, 6.45) is -0.661. The van der Waals surface area contributed by atoms with Gasteiger partial charge in [0.25, 0.3) is 0 Å². The maximum absolute atomic E-state index is 14.5. The van der Waals surface area contributed by atoms with Crippen LogP contribution in [0.15, 0.2) is 146 Å². The first-order valence-corrected chi connectivity index (χ1v) is 18.3. The third-order valence-electron chi connectivity index (χ3n) is 9.67. The van der Waals surface area contributed by atoms with Crippen molar-refractivity contribution in [3.8, 4) is 5.75 Å². The Hall–Kier alpha value is -4.77. The van der Waals surface area contributed by atoms with Gasteiger partial charge < -0.3 is 28.7 Å². The number of ether oxygens (including phenoxy) is 4. The maximum Gasteiger partial charge on any atom is 0.353 e. The smallest absolute Gasteiger partial charge is 0.353 e. The van der Waals surface area contributed by atoms with Gasteiger partial charge >= 0.3 is 13.6 Å². The summed E-state index contributed by atoms with van der Waals surface area (Å²) in [6.45, 7) is -0.481. The summed E-state index contributed by atoms with van der Waals surface area (Å²) in [5.74, 6) is -2.76. The van der Waals surface area contributed by atoms with Crippen LogP contribution in [0.5, 0.6) is 5.75 Å². The SMILES string of the molecule is COC1(OC)CCC(C(=O)Cc2ccc(OC(=O)c3ccccc3)cc2)(P(=O)(O)O)N1COC(c1ccccc1)(c1ccccc1)c1ccccc1. The summed E-state index contributed by atoms with van der Waals surface area (Å²) >= 11 is 0. The van der Waals surface area contributed by atoms with Crippen molar-refractivity contribution in [2.45, 2.75) is 36.1 Å². The molecule has 1 saturated heterocycles. The zero-order chi connectivity index (χ0) is 36.8. The molecule has 268 valence electrons. The van der Waals surface area contributed by atoms with Crippen LogP contribution in [-0.2, 0) is 35.6 Å². The molecule has 0 amide bonds. The van der Waals surface area contributed by atoms with Crippen LogP contribution in [0.3, 0.4) is 0 Å². The molecule has 0 saturated carbocycles. The highest BCUT2D eigenvalue weighted by molar-refractivity contribution is 7.54. The van der Waals surface area contributed by atoms with E-state index >= 15 is 0 Å². The monoisotopic (exact) mass is 721 g/mol. The van der Waals surface area contributed by atoms with Crippen LogP contribution >= 0.6 is 7.60 Å². The van der Waals surface area contributed by atoms with Gasteiger partial charge in [0.05, 0.1) is 5.56 Å². The van der Waals surface area contributed by atoms with Gasteiger partial charge in [-0.05, 0) is 52.9 Å². The molecule has 1 heterocycles. The van der Waals surface area contributed by atoms with Gasteiger partial charge in [0, 0.05) is 27.1 Å². The van der Waals surface area contributed by atoms with Gasteiger partial charge in [0.15, 0.2) is 11.1 Å². The highest BCUT2D eigenvalue weighted by Gasteiger charge is 2.68. The number of carbonyl (C=O) groups excluding carboxylic acids is 2. The number of likely N-dealkylation sites (tertiary alicyclic amines) is 1. The van der Waals surface area contributed by atoms with Crippen molar-refractivity contribution < 1.29 is 42.9 Å². The number of Topliss-reactive ketones (excluding diaryl/α,β-unsaturated/α-hetero) is 1. The minimum atomic E-state index is -5.29. The Morgan fingerprint density at radius 3 is 1.60 bits per heavy atom. The van der Waals surface area contributed by atoms with Crippen LogP contribution in [0.4, 0.5) is 0 Å². The number of nitrogens with zero attached hydrogens (tertiary/aromatic N) is 1. The minimum Gasteiger partial charge on any atom is -0.423 e. The first-order valence-electron chi connectivity index (χ1n) is 16.7. The second-order valence-electron chi connectivity index (χ2n) is 12.5. The Balaban J connectivity index is 1.38. The molecule has 0 radical (unpaired) electrons. The molecule has 0 bridgehead atoms. The van der Waals surface area contributed by atoms with Gasteiger partial charge in [0.2, 0.25) is 5.91 Å². The van der Waals surface area contributed by atoms with E-state index in [0.717, 1.165) is 16.7 Å². The van der Waals surface area contributed by atoms with Crippen molar-refractivity contribution in [2.75, 3.05) is 21.0 Å². The molecule has 11 heteroatoms. The second-order valence-corrected chi connectivity index (χ2v) is 14.3. The lowest BCUT2D eigenvalue weighted by Crippen LogP contribution is -2.61. The van der Waals surface area contributed by atoms with E-state index in [-0.39, 0.29) is 25.0 Å². The molecule has 5 aromatic carbocycles. The first-order chi connectivity index (χ1) is 25.1. The standard InChI is InChI=1S/C41H40NO9P/c1-48-40(49-2)28-27-39(52(45,46)47,37(43)29-31-23-25-36(26-24-31)51-38(44)32-15-7-3-8-16-32)42(40)30-50-41(33-17-9-4-10-18-33,34-19-11-5-12-20-34)35-21-13-6-14-22-35/h3-26H,27-30H2,1-2H3,(H2,45,46,47). The quantitative estimate of drug-likeness (QED) is 0.0411. The molecule has 1 atom stereocenters. The summed E-state index contributed by atoms with van der Waals surface area (Å²) in [4.78, 5) is 50.6. The van der Waals surface area contributed by atoms with Crippen LogP contribution in [0.1, 0.15) is 45.5 Å². The van der Waals surface area contributed by atoms with Crippen LogP contribution in [0.2, 0.25) is 0 Å². The molecular weight excluding hydrogens is 681 g/mol. The summed E-state index contributed by atoms with van der Waals surface area (Å²) in [7, 11) is -2.56. The number of hydrogen-bond acceptors (Lipinski definition) is 8. The third-order valence-corrected chi connectivity index (χ3v) is 11.4. The third kappa shape index (κ3) is 6.90. The lowest BCUT2D eigenvalue weighted by atomic mass is 9.80. The molecular formula is C41H40NO9P. The molecule has 1 unspecified atom stereocenters. The van der Waals surface area contributed by atoms with Gasteiger partial charge in [-0.15, -0.1) is 0 Å². The van der Waals surface area contributed by atoms with E-state index in [2.05, 4.69) is 0 Å². The molecule has 0 spiro atoms. The molecule has 5 aromatic rings. The Morgan fingerprint density at radius 1 is 0.692 bits per heavy atom. The number of ketones is 1. The molecule has 6 rings (SSSR count). The van der Waals surface area contributed by atoms with Crippen LogP contribution in [-0.4, -0.2) is 58.6 Å². The van der Waals surface area contributed by atoms with E-state index in [9.17, 15) is 23.9 Å². The van der Waals surface area contributed by atoms with Crippen molar-refractivity contribution in [3.05, 3.63) is 173 Å². The predicted octanol–water partition coefficient (Wildman–Crippen LogP) is 6.90. The fraction of sp³-hybridized carbons (Fsp3) is 0.220. The number of benzene rings is 5. The largest absolute Gasteiger partial charge is 0.423 e. The van der Waals surface area contributed by atoms with Crippen LogP contribution < -0.4 is 4.74 Å². The first kappa shape index (κ1) is 37.0. The van der Waals surface area contributed by atoms with Gasteiger partial charge in [-0.3, -0.25) is 9.36 Å². The molecule has 0 aliphatic carbocycles. The zero-order valence-corrected chi connectivity index (χ0v) is 29.7. The topological polar surface area (TPSA) is 132 Å². The van der Waals surface area contributed by atoms with Crippen LogP contribution in [0, 0.1) is 0 Å². The fourth-order valence-corrected chi connectivity index (χ4v) is 8.36. The molecule has 10 nitrogen and oxygen atoms in total. The van der Waals surface area contributed by atoms with E-state index in [4.69, 9.17) is 18.9 Å². The van der Waals surface area contributed by atoms with E-state index in [1.807, 2.05) is 91.0 Å². The highest BCUT2D eigenvalue weighted by atomic mass is 31.2. The Bertz CT molecular complexity index is 1910. The van der Waals surface area contributed by atoms with Crippen LogP contribution in [0.25, 0.3) is 0 Å². The Morgan fingerprint density at radius 2 is 1.15 bits per heavy atom. The van der Waals surface area contributed by atoms with Gasteiger partial charge in [-0.1, -0.05) is 121 Å². The molecule has 1 fully saturated rings. The average molecular weight is 722 g/mol. The molecule has 0 aromatic heterocycles. The summed E-state index contributed by atoms with van der Waals surface area (Å²) in [5, 5.41) is -2.38. The molecule has 52 heavy (non-hydrogen) atoms. The van der Waals surface area contributed by atoms with E-state index in [1.165, 1.54) is 31.3 Å².